The second-order valence-electron chi connectivity index (χ2n) is 4.59. The van der Waals surface area contributed by atoms with Crippen LogP contribution in [0.5, 0.6) is 0 Å². The molecule has 0 aliphatic heterocycles. The number of rotatable bonds is 3. The molecule has 0 N–H and O–H groups in total. The standard InChI is InChI=1S/C14H18O2S/c15-14(16-12-4-2-1-3-5-12)10-11-6-8-13(17)9-7-11/h6-9,12,17H,1-5,10H2. The maximum atomic E-state index is 11.7. The van der Waals surface area contributed by atoms with Crippen molar-refractivity contribution in [1.29, 1.82) is 0 Å². The monoisotopic (exact) mass is 250 g/mol. The Bertz CT molecular complexity index is 366. The second-order valence-corrected chi connectivity index (χ2v) is 5.11. The number of carbonyl (C=O) groups is 1. The highest BCUT2D eigenvalue weighted by Gasteiger charge is 2.17. The van der Waals surface area contributed by atoms with Crippen LogP contribution in [0.4, 0.5) is 0 Å². The molecule has 17 heavy (non-hydrogen) atoms. The van der Waals surface area contributed by atoms with E-state index >= 15 is 0 Å². The molecule has 1 aromatic rings. The highest BCUT2D eigenvalue weighted by atomic mass is 32.1. The summed E-state index contributed by atoms with van der Waals surface area (Å²) in [5.41, 5.74) is 0.989. The van der Waals surface area contributed by atoms with Gasteiger partial charge < -0.3 is 4.74 Å². The molecule has 1 fully saturated rings. The highest BCUT2D eigenvalue weighted by molar-refractivity contribution is 7.80. The zero-order valence-corrected chi connectivity index (χ0v) is 10.8. The van der Waals surface area contributed by atoms with Crippen molar-refractivity contribution in [3.05, 3.63) is 29.8 Å². The van der Waals surface area contributed by atoms with E-state index in [9.17, 15) is 4.79 Å². The topological polar surface area (TPSA) is 26.3 Å². The van der Waals surface area contributed by atoms with Crippen LogP contribution >= 0.6 is 12.6 Å². The summed E-state index contributed by atoms with van der Waals surface area (Å²) in [6.07, 6.45) is 6.23. The van der Waals surface area contributed by atoms with Gasteiger partial charge in [0.15, 0.2) is 0 Å². The molecule has 0 saturated heterocycles. The molecule has 0 bridgehead atoms. The summed E-state index contributed by atoms with van der Waals surface area (Å²) in [6.45, 7) is 0. The van der Waals surface area contributed by atoms with E-state index in [1.54, 1.807) is 0 Å². The van der Waals surface area contributed by atoms with Gasteiger partial charge >= 0.3 is 5.97 Å². The Morgan fingerprint density at radius 3 is 2.47 bits per heavy atom. The minimum Gasteiger partial charge on any atom is -0.462 e. The number of hydrogen-bond acceptors (Lipinski definition) is 3. The van der Waals surface area contributed by atoms with Gasteiger partial charge in [0.05, 0.1) is 6.42 Å². The summed E-state index contributed by atoms with van der Waals surface area (Å²) < 4.78 is 5.47. The molecule has 0 radical (unpaired) electrons. The van der Waals surface area contributed by atoms with Crippen LogP contribution in [-0.2, 0) is 16.0 Å². The zero-order valence-electron chi connectivity index (χ0n) is 9.89. The Morgan fingerprint density at radius 2 is 1.82 bits per heavy atom. The molecule has 0 amide bonds. The highest BCUT2D eigenvalue weighted by Crippen LogP contribution is 2.20. The van der Waals surface area contributed by atoms with Crippen molar-refractivity contribution in [3.63, 3.8) is 0 Å². The summed E-state index contributed by atoms with van der Waals surface area (Å²) in [6, 6.07) is 7.63. The van der Waals surface area contributed by atoms with E-state index in [2.05, 4.69) is 12.6 Å². The second kappa shape index (κ2) is 6.10. The Hall–Kier alpha value is -0.960. The van der Waals surface area contributed by atoms with Gasteiger partial charge in [0.25, 0.3) is 0 Å². The summed E-state index contributed by atoms with van der Waals surface area (Å²) in [7, 11) is 0. The molecule has 0 spiro atoms. The van der Waals surface area contributed by atoms with Gasteiger partial charge in [-0.1, -0.05) is 18.6 Å². The number of ether oxygens (including phenoxy) is 1. The molecule has 0 aromatic heterocycles. The minimum atomic E-state index is -0.108. The maximum absolute atomic E-state index is 11.7. The van der Waals surface area contributed by atoms with Crippen molar-refractivity contribution in [2.24, 2.45) is 0 Å². The molecule has 2 nitrogen and oxygen atoms in total. The van der Waals surface area contributed by atoms with Crippen LogP contribution < -0.4 is 0 Å². The zero-order chi connectivity index (χ0) is 12.1. The van der Waals surface area contributed by atoms with E-state index in [4.69, 9.17) is 4.74 Å². The molecule has 0 atom stereocenters. The first kappa shape index (κ1) is 12.5. The van der Waals surface area contributed by atoms with E-state index in [1.165, 1.54) is 19.3 Å². The number of carbonyl (C=O) groups excluding carboxylic acids is 1. The summed E-state index contributed by atoms with van der Waals surface area (Å²) in [4.78, 5) is 12.6. The molecule has 1 aliphatic rings. The van der Waals surface area contributed by atoms with Crippen LogP contribution in [0, 0.1) is 0 Å². The third-order valence-corrected chi connectivity index (χ3v) is 3.43. The Morgan fingerprint density at radius 1 is 1.18 bits per heavy atom. The van der Waals surface area contributed by atoms with Gasteiger partial charge in [0, 0.05) is 4.90 Å². The van der Waals surface area contributed by atoms with Gasteiger partial charge in [-0.05, 0) is 43.4 Å². The van der Waals surface area contributed by atoms with Gasteiger partial charge in [-0.2, -0.15) is 0 Å². The lowest BCUT2D eigenvalue weighted by atomic mass is 9.98. The van der Waals surface area contributed by atoms with Gasteiger partial charge in [-0.3, -0.25) is 4.79 Å². The predicted octanol–water partition coefficient (Wildman–Crippen LogP) is 3.39. The Labute approximate surface area is 108 Å². The van der Waals surface area contributed by atoms with Crippen LogP contribution in [0.15, 0.2) is 29.2 Å². The first-order chi connectivity index (χ1) is 8.24. The molecule has 2 rings (SSSR count). The lowest BCUT2D eigenvalue weighted by Gasteiger charge is -2.21. The van der Waals surface area contributed by atoms with Crippen LogP contribution in [0.2, 0.25) is 0 Å². The maximum Gasteiger partial charge on any atom is 0.310 e. The van der Waals surface area contributed by atoms with E-state index in [1.807, 2.05) is 24.3 Å². The van der Waals surface area contributed by atoms with Crippen molar-refractivity contribution in [1.82, 2.24) is 0 Å². The lowest BCUT2D eigenvalue weighted by molar-refractivity contribution is -0.149. The first-order valence-corrected chi connectivity index (χ1v) is 6.66. The molecule has 0 unspecified atom stereocenters. The smallest absolute Gasteiger partial charge is 0.310 e. The van der Waals surface area contributed by atoms with Gasteiger partial charge in [0.2, 0.25) is 0 Å². The molecular formula is C14H18O2S. The normalized spacial score (nSPS) is 16.8. The Balaban J connectivity index is 1.82. The van der Waals surface area contributed by atoms with E-state index in [0.717, 1.165) is 23.3 Å². The SMILES string of the molecule is O=C(Cc1ccc(S)cc1)OC1CCCCC1. The van der Waals surface area contributed by atoms with Crippen LogP contribution in [0.3, 0.4) is 0 Å². The summed E-state index contributed by atoms with van der Waals surface area (Å²) in [5.74, 6) is -0.108. The molecule has 3 heteroatoms. The summed E-state index contributed by atoms with van der Waals surface area (Å²) in [5, 5.41) is 0. The fraction of sp³-hybridized carbons (Fsp3) is 0.500. The number of esters is 1. The summed E-state index contributed by atoms with van der Waals surface area (Å²) >= 11 is 4.21. The van der Waals surface area contributed by atoms with Crippen molar-refractivity contribution in [3.8, 4) is 0 Å². The Kier molecular flexibility index (Phi) is 4.49. The first-order valence-electron chi connectivity index (χ1n) is 6.21. The van der Waals surface area contributed by atoms with Crippen LogP contribution in [0.1, 0.15) is 37.7 Å². The van der Waals surface area contributed by atoms with Gasteiger partial charge in [-0.15, -0.1) is 12.6 Å². The van der Waals surface area contributed by atoms with E-state index in [0.29, 0.717) is 6.42 Å². The third kappa shape index (κ3) is 4.08. The molecule has 92 valence electrons. The molecule has 1 aliphatic carbocycles. The number of thiol groups is 1. The predicted molar refractivity (Wildman–Crippen MR) is 70.4 cm³/mol. The third-order valence-electron chi connectivity index (χ3n) is 3.14. The fourth-order valence-electron chi connectivity index (χ4n) is 2.19. The van der Waals surface area contributed by atoms with Gasteiger partial charge in [-0.25, -0.2) is 0 Å². The van der Waals surface area contributed by atoms with E-state index in [-0.39, 0.29) is 12.1 Å². The van der Waals surface area contributed by atoms with Gasteiger partial charge in [0.1, 0.15) is 6.10 Å². The average molecular weight is 250 g/mol. The molecule has 1 aromatic carbocycles. The van der Waals surface area contributed by atoms with Crippen molar-refractivity contribution >= 4 is 18.6 Å². The quantitative estimate of drug-likeness (QED) is 0.657. The van der Waals surface area contributed by atoms with Crippen molar-refractivity contribution in [2.75, 3.05) is 0 Å². The van der Waals surface area contributed by atoms with Crippen molar-refractivity contribution < 1.29 is 9.53 Å². The fourth-order valence-corrected chi connectivity index (χ4v) is 2.34. The van der Waals surface area contributed by atoms with E-state index < -0.39 is 0 Å². The largest absolute Gasteiger partial charge is 0.462 e. The average Bonchev–Trinajstić information content (AvgIpc) is 2.33. The molecule has 1 saturated carbocycles. The molecular weight excluding hydrogens is 232 g/mol. The lowest BCUT2D eigenvalue weighted by Crippen LogP contribution is -2.21. The van der Waals surface area contributed by atoms with Crippen LogP contribution in [0.25, 0.3) is 0 Å². The number of benzene rings is 1. The van der Waals surface area contributed by atoms with Crippen LogP contribution in [-0.4, -0.2) is 12.1 Å². The minimum absolute atomic E-state index is 0.108. The molecule has 0 heterocycles. The number of hydrogen-bond donors (Lipinski definition) is 1. The van der Waals surface area contributed by atoms with Crippen molar-refractivity contribution in [2.45, 2.75) is 49.5 Å².